The molecule has 2 heteroatoms. The summed E-state index contributed by atoms with van der Waals surface area (Å²) in [6, 6.07) is 1.64. The van der Waals surface area contributed by atoms with Crippen LogP contribution in [0.25, 0.3) is 0 Å². The van der Waals surface area contributed by atoms with Gasteiger partial charge in [-0.3, -0.25) is 4.79 Å². The van der Waals surface area contributed by atoms with Crippen LogP contribution in [0.1, 0.15) is 30.0 Å². The van der Waals surface area contributed by atoms with Gasteiger partial charge in [-0.05, 0) is 13.0 Å². The largest absolute Gasteiger partial charge is 0.469 e. The molecule has 0 bridgehead atoms. The molecule has 2 nitrogen and oxygen atoms in total. The van der Waals surface area contributed by atoms with E-state index < -0.39 is 0 Å². The quantitative estimate of drug-likeness (QED) is 0.561. The van der Waals surface area contributed by atoms with Crippen LogP contribution < -0.4 is 0 Å². The molecule has 10 heavy (non-hydrogen) atoms. The Labute approximate surface area is 60.9 Å². The predicted molar refractivity (Wildman–Crippen MR) is 40.2 cm³/mol. The van der Waals surface area contributed by atoms with E-state index in [1.165, 1.54) is 6.26 Å². The summed E-state index contributed by atoms with van der Waals surface area (Å²) in [4.78, 5) is 10.0. The van der Waals surface area contributed by atoms with Crippen molar-refractivity contribution >= 4 is 6.29 Å². The molecule has 0 atom stereocenters. The number of hydrogen-bond acceptors (Lipinski definition) is 2. The SMILES string of the molecule is CC.Cc1occc1C=O. The Morgan fingerprint density at radius 2 is 2.10 bits per heavy atom. The first-order valence-electron chi connectivity index (χ1n) is 3.34. The Morgan fingerprint density at radius 3 is 2.30 bits per heavy atom. The van der Waals surface area contributed by atoms with E-state index in [1.807, 2.05) is 13.8 Å². The second kappa shape index (κ2) is 4.79. The van der Waals surface area contributed by atoms with E-state index in [9.17, 15) is 4.79 Å². The van der Waals surface area contributed by atoms with Gasteiger partial charge in [-0.25, -0.2) is 0 Å². The van der Waals surface area contributed by atoms with Gasteiger partial charge < -0.3 is 4.42 Å². The third-order valence-electron chi connectivity index (χ3n) is 1.03. The van der Waals surface area contributed by atoms with E-state index in [0.717, 1.165) is 6.29 Å². The number of aldehydes is 1. The van der Waals surface area contributed by atoms with Crippen molar-refractivity contribution < 1.29 is 9.21 Å². The Balaban J connectivity index is 0.000000371. The van der Waals surface area contributed by atoms with Crippen molar-refractivity contribution in [2.45, 2.75) is 20.8 Å². The van der Waals surface area contributed by atoms with Gasteiger partial charge >= 0.3 is 0 Å². The molecule has 0 spiro atoms. The summed E-state index contributed by atoms with van der Waals surface area (Å²) >= 11 is 0. The third kappa shape index (κ3) is 2.05. The van der Waals surface area contributed by atoms with Gasteiger partial charge in [0.2, 0.25) is 0 Å². The summed E-state index contributed by atoms with van der Waals surface area (Å²) in [5, 5.41) is 0. The van der Waals surface area contributed by atoms with Gasteiger partial charge in [0.15, 0.2) is 6.29 Å². The number of furan rings is 1. The third-order valence-corrected chi connectivity index (χ3v) is 1.03. The molecule has 0 aliphatic carbocycles. The molecule has 0 saturated carbocycles. The summed E-state index contributed by atoms with van der Waals surface area (Å²) in [6.07, 6.45) is 2.28. The van der Waals surface area contributed by atoms with Gasteiger partial charge in [-0.15, -0.1) is 0 Å². The van der Waals surface area contributed by atoms with E-state index in [-0.39, 0.29) is 0 Å². The maximum atomic E-state index is 10.0. The molecule has 0 fully saturated rings. The van der Waals surface area contributed by atoms with Crippen LogP contribution in [0.4, 0.5) is 0 Å². The molecule has 0 aliphatic rings. The summed E-state index contributed by atoms with van der Waals surface area (Å²) in [5.74, 6) is 0.681. The van der Waals surface area contributed by atoms with Crippen LogP contribution >= 0.6 is 0 Å². The van der Waals surface area contributed by atoms with Crippen LogP contribution in [-0.2, 0) is 0 Å². The lowest BCUT2D eigenvalue weighted by atomic mass is 10.3. The van der Waals surface area contributed by atoms with Crippen molar-refractivity contribution in [2.24, 2.45) is 0 Å². The molecule has 0 amide bonds. The average Bonchev–Trinajstić information content (AvgIpc) is 2.39. The molecule has 0 aromatic carbocycles. The smallest absolute Gasteiger partial charge is 0.153 e. The fraction of sp³-hybridized carbons (Fsp3) is 0.375. The van der Waals surface area contributed by atoms with Gasteiger partial charge in [-0.2, -0.15) is 0 Å². The first kappa shape index (κ1) is 8.95. The molecule has 0 aliphatic heterocycles. The van der Waals surface area contributed by atoms with Crippen LogP contribution in [0.5, 0.6) is 0 Å². The topological polar surface area (TPSA) is 30.2 Å². The van der Waals surface area contributed by atoms with E-state index in [0.29, 0.717) is 11.3 Å². The fourth-order valence-corrected chi connectivity index (χ4v) is 0.517. The monoisotopic (exact) mass is 140 g/mol. The van der Waals surface area contributed by atoms with E-state index in [4.69, 9.17) is 4.42 Å². The van der Waals surface area contributed by atoms with Gasteiger partial charge in [0, 0.05) is 0 Å². The van der Waals surface area contributed by atoms with Crippen LogP contribution in [-0.4, -0.2) is 6.29 Å². The minimum Gasteiger partial charge on any atom is -0.469 e. The Bertz CT molecular complexity index is 189. The van der Waals surface area contributed by atoms with Crippen molar-refractivity contribution in [1.29, 1.82) is 0 Å². The molecule has 0 unspecified atom stereocenters. The Kier molecular flexibility index (Phi) is 4.29. The van der Waals surface area contributed by atoms with Crippen molar-refractivity contribution in [1.82, 2.24) is 0 Å². The summed E-state index contributed by atoms with van der Waals surface area (Å²) in [7, 11) is 0. The van der Waals surface area contributed by atoms with Gasteiger partial charge in [0.05, 0.1) is 11.8 Å². The van der Waals surface area contributed by atoms with Crippen LogP contribution in [0.2, 0.25) is 0 Å². The number of hydrogen-bond donors (Lipinski definition) is 0. The first-order valence-corrected chi connectivity index (χ1v) is 3.34. The molecule has 1 aromatic rings. The minimum absolute atomic E-state index is 0.630. The summed E-state index contributed by atoms with van der Waals surface area (Å²) < 4.78 is 4.82. The molecule has 0 radical (unpaired) electrons. The van der Waals surface area contributed by atoms with Gasteiger partial charge in [0.25, 0.3) is 0 Å². The molecular weight excluding hydrogens is 128 g/mol. The van der Waals surface area contributed by atoms with E-state index in [2.05, 4.69) is 0 Å². The van der Waals surface area contributed by atoms with Crippen molar-refractivity contribution in [3.63, 3.8) is 0 Å². The minimum atomic E-state index is 0.630. The fourth-order valence-electron chi connectivity index (χ4n) is 0.517. The molecular formula is C8H12O2. The van der Waals surface area contributed by atoms with Crippen LogP contribution in [0.15, 0.2) is 16.7 Å². The van der Waals surface area contributed by atoms with Gasteiger partial charge in [-0.1, -0.05) is 13.8 Å². The second-order valence-electron chi connectivity index (χ2n) is 1.55. The maximum Gasteiger partial charge on any atom is 0.153 e. The summed E-state index contributed by atoms with van der Waals surface area (Å²) in [5.41, 5.74) is 0.630. The molecule has 0 N–H and O–H groups in total. The highest BCUT2D eigenvalue weighted by Gasteiger charge is 1.95. The van der Waals surface area contributed by atoms with E-state index in [1.54, 1.807) is 13.0 Å². The Morgan fingerprint density at radius 1 is 1.50 bits per heavy atom. The number of carbonyl (C=O) groups is 1. The molecule has 56 valence electrons. The lowest BCUT2D eigenvalue weighted by Crippen LogP contribution is -1.74. The summed E-state index contributed by atoms with van der Waals surface area (Å²) in [6.45, 7) is 5.75. The highest BCUT2D eigenvalue weighted by atomic mass is 16.3. The highest BCUT2D eigenvalue weighted by molar-refractivity contribution is 5.75. The second-order valence-corrected chi connectivity index (χ2v) is 1.55. The molecule has 1 aromatic heterocycles. The first-order chi connectivity index (χ1) is 4.84. The predicted octanol–water partition coefficient (Wildman–Crippen LogP) is 2.43. The lowest BCUT2D eigenvalue weighted by molar-refractivity contribution is 0.112. The zero-order valence-electron chi connectivity index (χ0n) is 6.55. The zero-order chi connectivity index (χ0) is 7.98. The molecule has 1 heterocycles. The highest BCUT2D eigenvalue weighted by Crippen LogP contribution is 2.03. The van der Waals surface area contributed by atoms with E-state index >= 15 is 0 Å². The number of rotatable bonds is 1. The molecule has 1 rings (SSSR count). The van der Waals surface area contributed by atoms with Crippen molar-refractivity contribution in [2.75, 3.05) is 0 Å². The zero-order valence-corrected chi connectivity index (χ0v) is 6.55. The normalized spacial score (nSPS) is 7.90. The Hall–Kier alpha value is -1.05. The van der Waals surface area contributed by atoms with Crippen LogP contribution in [0, 0.1) is 6.92 Å². The maximum absolute atomic E-state index is 10.0. The standard InChI is InChI=1S/C6H6O2.C2H6/c1-5-6(4-7)2-3-8-5;1-2/h2-4H,1H3;1-2H3. The van der Waals surface area contributed by atoms with Gasteiger partial charge in [0.1, 0.15) is 5.76 Å². The molecule has 0 saturated heterocycles. The lowest BCUT2D eigenvalue weighted by Gasteiger charge is -1.78. The van der Waals surface area contributed by atoms with Crippen LogP contribution in [0.3, 0.4) is 0 Å². The average molecular weight is 140 g/mol. The number of carbonyl (C=O) groups excluding carboxylic acids is 1. The number of aryl methyl sites for hydroxylation is 1. The van der Waals surface area contributed by atoms with Crippen molar-refractivity contribution in [3.8, 4) is 0 Å². The van der Waals surface area contributed by atoms with Crippen molar-refractivity contribution in [3.05, 3.63) is 23.7 Å².